The normalized spacial score (nSPS) is 15.3. The summed E-state index contributed by atoms with van der Waals surface area (Å²) in [5.41, 5.74) is 3.20. The number of benzene rings is 2. The van der Waals surface area contributed by atoms with Crippen molar-refractivity contribution in [2.75, 3.05) is 31.2 Å². The largest absolute Gasteiger partial charge is 0.378 e. The van der Waals surface area contributed by atoms with E-state index in [0.29, 0.717) is 4.90 Å². The van der Waals surface area contributed by atoms with Crippen molar-refractivity contribution in [2.45, 2.75) is 24.8 Å². The SMILES string of the molecule is CCc1ccc(S(=O)(=O)NCc2ccc(N3CCOCC3)cc2)cc1. The highest BCUT2D eigenvalue weighted by Crippen LogP contribution is 2.17. The molecular formula is C19H24N2O3S. The van der Waals surface area contributed by atoms with Crippen LogP contribution < -0.4 is 9.62 Å². The lowest BCUT2D eigenvalue weighted by molar-refractivity contribution is 0.122. The number of hydrogen-bond acceptors (Lipinski definition) is 4. The van der Waals surface area contributed by atoms with Gasteiger partial charge in [-0.05, 0) is 41.8 Å². The topological polar surface area (TPSA) is 58.6 Å². The average molecular weight is 360 g/mol. The zero-order valence-corrected chi connectivity index (χ0v) is 15.3. The summed E-state index contributed by atoms with van der Waals surface area (Å²) in [6.07, 6.45) is 0.892. The van der Waals surface area contributed by atoms with Gasteiger partial charge in [0, 0.05) is 25.3 Å². The van der Waals surface area contributed by atoms with Crippen LogP contribution in [0.1, 0.15) is 18.1 Å². The molecule has 1 N–H and O–H groups in total. The van der Waals surface area contributed by atoms with Gasteiger partial charge in [0.15, 0.2) is 0 Å². The quantitative estimate of drug-likeness (QED) is 0.860. The predicted octanol–water partition coefficient (Wildman–Crippen LogP) is 2.56. The molecular weight excluding hydrogens is 336 g/mol. The van der Waals surface area contributed by atoms with E-state index in [0.717, 1.165) is 49.5 Å². The maximum Gasteiger partial charge on any atom is 0.240 e. The van der Waals surface area contributed by atoms with E-state index in [2.05, 4.69) is 9.62 Å². The molecule has 1 aliphatic heterocycles. The maximum absolute atomic E-state index is 12.4. The minimum absolute atomic E-state index is 0.279. The van der Waals surface area contributed by atoms with Crippen LogP contribution >= 0.6 is 0 Å². The van der Waals surface area contributed by atoms with E-state index in [-0.39, 0.29) is 6.54 Å². The molecule has 1 heterocycles. The van der Waals surface area contributed by atoms with Crippen LogP contribution in [-0.2, 0) is 27.7 Å². The summed E-state index contributed by atoms with van der Waals surface area (Å²) in [4.78, 5) is 2.57. The van der Waals surface area contributed by atoms with Crippen LogP contribution in [0.25, 0.3) is 0 Å². The fourth-order valence-corrected chi connectivity index (χ4v) is 3.83. The molecule has 134 valence electrons. The Morgan fingerprint density at radius 3 is 2.16 bits per heavy atom. The number of morpholine rings is 1. The summed E-state index contributed by atoms with van der Waals surface area (Å²) in [7, 11) is -3.49. The van der Waals surface area contributed by atoms with Gasteiger partial charge in [-0.15, -0.1) is 0 Å². The molecule has 25 heavy (non-hydrogen) atoms. The smallest absolute Gasteiger partial charge is 0.240 e. The van der Waals surface area contributed by atoms with E-state index in [1.165, 1.54) is 0 Å². The van der Waals surface area contributed by atoms with E-state index in [1.54, 1.807) is 12.1 Å². The van der Waals surface area contributed by atoms with Gasteiger partial charge >= 0.3 is 0 Å². The van der Waals surface area contributed by atoms with Crippen LogP contribution in [0.2, 0.25) is 0 Å². The Morgan fingerprint density at radius 1 is 0.960 bits per heavy atom. The molecule has 2 aromatic rings. The Balaban J connectivity index is 1.61. The molecule has 1 fully saturated rings. The van der Waals surface area contributed by atoms with E-state index >= 15 is 0 Å². The molecule has 0 aromatic heterocycles. The molecule has 0 atom stereocenters. The number of nitrogens with zero attached hydrogens (tertiary/aromatic N) is 1. The molecule has 0 saturated carbocycles. The van der Waals surface area contributed by atoms with E-state index < -0.39 is 10.0 Å². The van der Waals surface area contributed by atoms with Crippen molar-refractivity contribution in [3.63, 3.8) is 0 Å². The van der Waals surface area contributed by atoms with Crippen molar-refractivity contribution in [1.29, 1.82) is 0 Å². The van der Waals surface area contributed by atoms with Crippen LogP contribution in [0.4, 0.5) is 5.69 Å². The molecule has 0 aliphatic carbocycles. The van der Waals surface area contributed by atoms with Crippen molar-refractivity contribution in [2.24, 2.45) is 0 Å². The number of hydrogen-bond donors (Lipinski definition) is 1. The second kappa shape index (κ2) is 7.99. The standard InChI is InChI=1S/C19H24N2O3S/c1-2-16-5-9-19(10-6-16)25(22,23)20-15-17-3-7-18(8-4-17)21-11-13-24-14-12-21/h3-10,20H,2,11-15H2,1H3. The van der Waals surface area contributed by atoms with Crippen molar-refractivity contribution >= 4 is 15.7 Å². The van der Waals surface area contributed by atoms with Gasteiger partial charge in [0.2, 0.25) is 10.0 Å². The van der Waals surface area contributed by atoms with Crippen LogP contribution in [0, 0.1) is 0 Å². The predicted molar refractivity (Wildman–Crippen MR) is 99.3 cm³/mol. The molecule has 0 bridgehead atoms. The van der Waals surface area contributed by atoms with Crippen LogP contribution in [0.5, 0.6) is 0 Å². The van der Waals surface area contributed by atoms with Crippen LogP contribution in [-0.4, -0.2) is 34.7 Å². The molecule has 1 aliphatic rings. The lowest BCUT2D eigenvalue weighted by Crippen LogP contribution is -2.36. The fourth-order valence-electron chi connectivity index (χ4n) is 2.81. The third-order valence-corrected chi connectivity index (χ3v) is 5.84. The van der Waals surface area contributed by atoms with Gasteiger partial charge in [-0.1, -0.05) is 31.2 Å². The number of nitrogens with one attached hydrogen (secondary N) is 1. The average Bonchev–Trinajstić information content (AvgIpc) is 2.67. The van der Waals surface area contributed by atoms with Crippen molar-refractivity contribution in [3.05, 3.63) is 59.7 Å². The summed E-state index contributed by atoms with van der Waals surface area (Å²) >= 11 is 0. The van der Waals surface area contributed by atoms with Crippen LogP contribution in [0.15, 0.2) is 53.4 Å². The lowest BCUT2D eigenvalue weighted by Gasteiger charge is -2.28. The zero-order chi connectivity index (χ0) is 17.7. The second-order valence-electron chi connectivity index (χ2n) is 6.09. The fraction of sp³-hybridized carbons (Fsp3) is 0.368. The Morgan fingerprint density at radius 2 is 1.56 bits per heavy atom. The summed E-state index contributed by atoms with van der Waals surface area (Å²) < 4.78 is 32.8. The molecule has 0 radical (unpaired) electrons. The van der Waals surface area contributed by atoms with Crippen molar-refractivity contribution < 1.29 is 13.2 Å². The highest BCUT2D eigenvalue weighted by atomic mass is 32.2. The number of aryl methyl sites for hydroxylation is 1. The van der Waals surface area contributed by atoms with Gasteiger partial charge in [0.25, 0.3) is 0 Å². The second-order valence-corrected chi connectivity index (χ2v) is 7.85. The molecule has 6 heteroatoms. The number of anilines is 1. The molecule has 0 amide bonds. The Hall–Kier alpha value is -1.89. The summed E-state index contributed by atoms with van der Waals surface area (Å²) in [6.45, 7) is 5.60. The minimum Gasteiger partial charge on any atom is -0.378 e. The first-order valence-electron chi connectivity index (χ1n) is 8.59. The first-order valence-corrected chi connectivity index (χ1v) is 10.1. The maximum atomic E-state index is 12.4. The molecule has 0 spiro atoms. The highest BCUT2D eigenvalue weighted by molar-refractivity contribution is 7.89. The molecule has 3 rings (SSSR count). The molecule has 5 nitrogen and oxygen atoms in total. The van der Waals surface area contributed by atoms with E-state index in [4.69, 9.17) is 4.74 Å². The number of rotatable bonds is 6. The number of ether oxygens (including phenoxy) is 1. The Labute approximate surface area is 149 Å². The Bertz CT molecular complexity index is 780. The lowest BCUT2D eigenvalue weighted by atomic mass is 10.2. The first kappa shape index (κ1) is 17.9. The van der Waals surface area contributed by atoms with Gasteiger partial charge in [-0.3, -0.25) is 0 Å². The molecule has 2 aromatic carbocycles. The molecule has 0 unspecified atom stereocenters. The highest BCUT2D eigenvalue weighted by Gasteiger charge is 2.14. The zero-order valence-electron chi connectivity index (χ0n) is 14.4. The van der Waals surface area contributed by atoms with Gasteiger partial charge in [0.05, 0.1) is 18.1 Å². The monoisotopic (exact) mass is 360 g/mol. The summed E-state index contributed by atoms with van der Waals surface area (Å²) in [5, 5.41) is 0. The first-order chi connectivity index (χ1) is 12.1. The number of sulfonamides is 1. The van der Waals surface area contributed by atoms with Gasteiger partial charge in [-0.25, -0.2) is 13.1 Å². The third-order valence-electron chi connectivity index (χ3n) is 4.42. The van der Waals surface area contributed by atoms with E-state index in [1.807, 2.05) is 43.3 Å². The minimum atomic E-state index is -3.49. The van der Waals surface area contributed by atoms with Gasteiger partial charge in [0.1, 0.15) is 0 Å². The summed E-state index contributed by atoms with van der Waals surface area (Å²) in [6, 6.07) is 15.0. The van der Waals surface area contributed by atoms with Gasteiger partial charge < -0.3 is 9.64 Å². The van der Waals surface area contributed by atoms with Crippen molar-refractivity contribution in [3.8, 4) is 0 Å². The summed E-state index contributed by atoms with van der Waals surface area (Å²) in [5.74, 6) is 0. The van der Waals surface area contributed by atoms with E-state index in [9.17, 15) is 8.42 Å². The van der Waals surface area contributed by atoms with Crippen molar-refractivity contribution in [1.82, 2.24) is 4.72 Å². The van der Waals surface area contributed by atoms with Crippen LogP contribution in [0.3, 0.4) is 0 Å². The third kappa shape index (κ3) is 4.60. The van der Waals surface area contributed by atoms with Gasteiger partial charge in [-0.2, -0.15) is 0 Å². The Kier molecular flexibility index (Phi) is 5.73. The molecule has 1 saturated heterocycles.